The molecule has 0 aromatic heterocycles. The molecule has 8 nitrogen and oxygen atoms in total. The van der Waals surface area contributed by atoms with Crippen LogP contribution in [0.3, 0.4) is 0 Å². The summed E-state index contributed by atoms with van der Waals surface area (Å²) in [6.45, 7) is 2.07. The molecule has 2 saturated carbocycles. The number of allylic oxidation sites excluding steroid dienone is 3. The number of hydrogen-bond acceptors (Lipinski definition) is 7. The molecular formula is C27H34O8. The zero-order valence-electron chi connectivity index (χ0n) is 19.9. The van der Waals surface area contributed by atoms with Crippen LogP contribution in [0.15, 0.2) is 23.8 Å². The molecule has 1 heterocycles. The fourth-order valence-corrected chi connectivity index (χ4v) is 7.88. The predicted octanol–water partition coefficient (Wildman–Crippen LogP) is 1.58. The smallest absolute Gasteiger partial charge is 0.335 e. The average molecular weight is 487 g/mol. The molecule has 1 saturated heterocycles. The number of hydrogen-bond donors (Lipinski definition) is 4. The number of terminal acetylenes is 1. The summed E-state index contributed by atoms with van der Waals surface area (Å²) in [5.41, 5.74) is -0.441. The van der Waals surface area contributed by atoms with E-state index >= 15 is 0 Å². The minimum atomic E-state index is -1.79. The van der Waals surface area contributed by atoms with E-state index in [2.05, 4.69) is 18.9 Å². The van der Waals surface area contributed by atoms with E-state index in [1.54, 1.807) is 0 Å². The van der Waals surface area contributed by atoms with Crippen LogP contribution in [0.5, 0.6) is 0 Å². The number of rotatable bonds is 4. The number of carbonyl (C=O) groups is 2. The Balaban J connectivity index is 1.44. The van der Waals surface area contributed by atoms with Gasteiger partial charge in [0.2, 0.25) is 0 Å². The van der Waals surface area contributed by atoms with Gasteiger partial charge in [-0.2, -0.15) is 0 Å². The molecule has 1 aliphatic heterocycles. The molecule has 0 aromatic rings. The van der Waals surface area contributed by atoms with Gasteiger partial charge in [0, 0.05) is 11.8 Å². The predicted molar refractivity (Wildman–Crippen MR) is 124 cm³/mol. The van der Waals surface area contributed by atoms with Crippen molar-refractivity contribution in [2.75, 3.05) is 0 Å². The Morgan fingerprint density at radius 3 is 2.63 bits per heavy atom. The highest BCUT2D eigenvalue weighted by Gasteiger charge is 2.64. The van der Waals surface area contributed by atoms with Crippen molar-refractivity contribution in [2.24, 2.45) is 29.1 Å². The maximum atomic E-state index is 12.0. The largest absolute Gasteiger partial charge is 0.479 e. The molecule has 8 heteroatoms. The second kappa shape index (κ2) is 8.82. The van der Waals surface area contributed by atoms with Crippen LogP contribution in [0, 0.1) is 41.4 Å². The molecule has 0 aromatic carbocycles. The lowest BCUT2D eigenvalue weighted by atomic mass is 9.49. The summed E-state index contributed by atoms with van der Waals surface area (Å²) in [6, 6.07) is 0. The fraction of sp³-hybridized carbons (Fsp3) is 0.704. The number of carbonyl (C=O) groups excluding carboxylic acids is 1. The van der Waals surface area contributed by atoms with Crippen LogP contribution in [0.2, 0.25) is 0 Å². The lowest BCUT2D eigenvalue weighted by molar-refractivity contribution is -0.321. The van der Waals surface area contributed by atoms with Crippen molar-refractivity contribution in [1.82, 2.24) is 0 Å². The van der Waals surface area contributed by atoms with E-state index in [-0.39, 0.29) is 11.7 Å². The van der Waals surface area contributed by atoms with Crippen LogP contribution in [-0.4, -0.2) is 68.5 Å². The second-order valence-corrected chi connectivity index (χ2v) is 10.9. The number of fused-ring (bicyclic) bond motifs is 5. The minimum Gasteiger partial charge on any atom is -0.479 e. The molecule has 0 amide bonds. The Labute approximate surface area is 205 Å². The van der Waals surface area contributed by atoms with Crippen molar-refractivity contribution in [3.63, 3.8) is 0 Å². The SMILES string of the molecule is C#C[C@@]1(OC2OC(C(=O)O)C(O)C(O)C2O)C=C[C@@H]2[C@H]3CCC4=CC(=O)CC[C@H]4[C@@H]3CC[C@]21CC. The monoisotopic (exact) mass is 486 g/mol. The minimum absolute atomic E-state index is 0.132. The van der Waals surface area contributed by atoms with Gasteiger partial charge in [-0.05, 0) is 74.3 Å². The lowest BCUT2D eigenvalue weighted by Crippen LogP contribution is -2.63. The summed E-state index contributed by atoms with van der Waals surface area (Å²) in [5, 5.41) is 40.3. The normalized spacial score (nSPS) is 48.8. The van der Waals surface area contributed by atoms with Crippen LogP contribution in [0.4, 0.5) is 0 Å². The van der Waals surface area contributed by atoms with Gasteiger partial charge in [0.15, 0.2) is 23.8 Å². The maximum Gasteiger partial charge on any atom is 0.335 e. The molecule has 0 radical (unpaired) electrons. The van der Waals surface area contributed by atoms with Crippen molar-refractivity contribution in [3.05, 3.63) is 23.8 Å². The second-order valence-electron chi connectivity index (χ2n) is 10.9. The summed E-state index contributed by atoms with van der Waals surface area (Å²) in [4.78, 5) is 23.6. The third kappa shape index (κ3) is 3.55. The standard InChI is InChI=1S/C27H34O8/c1-3-26-11-9-17-16-8-6-15(28)13-14(16)5-7-18(17)19(26)10-12-27(26,4-2)35-25-22(31)20(29)21(30)23(34-25)24(32)33/h2,10,12-13,16-23,25,29-31H,3,5-9,11H2,1H3,(H,32,33)/t16-,17+,18+,19-,20?,21?,22?,23?,25?,26-,27-/m1/s1. The highest BCUT2D eigenvalue weighted by Crippen LogP contribution is 2.65. The number of aliphatic hydroxyl groups excluding tert-OH is 3. The summed E-state index contributed by atoms with van der Waals surface area (Å²) >= 11 is 0. The molecule has 35 heavy (non-hydrogen) atoms. The van der Waals surface area contributed by atoms with Crippen molar-refractivity contribution >= 4 is 11.8 Å². The van der Waals surface area contributed by atoms with E-state index in [9.17, 15) is 30.0 Å². The lowest BCUT2D eigenvalue weighted by Gasteiger charge is -2.57. The number of carboxylic acids is 1. The highest BCUT2D eigenvalue weighted by molar-refractivity contribution is 5.91. The number of ether oxygens (including phenoxy) is 2. The summed E-state index contributed by atoms with van der Waals surface area (Å²) in [6.07, 6.45) is 9.27. The van der Waals surface area contributed by atoms with Crippen LogP contribution >= 0.6 is 0 Å². The van der Waals surface area contributed by atoms with Gasteiger partial charge in [-0.1, -0.05) is 24.5 Å². The van der Waals surface area contributed by atoms with Crippen molar-refractivity contribution in [1.29, 1.82) is 0 Å². The Bertz CT molecular complexity index is 996. The zero-order valence-corrected chi connectivity index (χ0v) is 19.9. The van der Waals surface area contributed by atoms with Gasteiger partial charge in [0.05, 0.1) is 0 Å². The van der Waals surface area contributed by atoms with Gasteiger partial charge in [-0.3, -0.25) is 4.79 Å². The van der Waals surface area contributed by atoms with E-state index in [4.69, 9.17) is 15.9 Å². The zero-order chi connectivity index (χ0) is 25.1. The third-order valence-corrected chi connectivity index (χ3v) is 9.62. The van der Waals surface area contributed by atoms with E-state index in [1.165, 1.54) is 5.57 Å². The number of carboxylic acid groups (broad SMARTS) is 1. The first-order valence-electron chi connectivity index (χ1n) is 12.7. The van der Waals surface area contributed by atoms with E-state index < -0.39 is 47.7 Å². The quantitative estimate of drug-likeness (QED) is 0.348. The van der Waals surface area contributed by atoms with E-state index in [1.807, 2.05) is 12.2 Å². The molecule has 4 aliphatic carbocycles. The number of aliphatic carboxylic acids is 1. The van der Waals surface area contributed by atoms with E-state index in [0.29, 0.717) is 30.6 Å². The van der Waals surface area contributed by atoms with Gasteiger partial charge in [0.1, 0.15) is 18.3 Å². The molecule has 3 fully saturated rings. The Morgan fingerprint density at radius 2 is 1.94 bits per heavy atom. The third-order valence-electron chi connectivity index (χ3n) is 9.62. The summed E-state index contributed by atoms with van der Waals surface area (Å²) in [7, 11) is 0. The molecule has 5 rings (SSSR count). The Kier molecular flexibility index (Phi) is 6.22. The topological polar surface area (TPSA) is 134 Å². The number of aliphatic hydroxyl groups is 3. The van der Waals surface area contributed by atoms with Crippen LogP contribution < -0.4 is 0 Å². The molecular weight excluding hydrogens is 452 g/mol. The molecule has 0 bridgehead atoms. The first-order valence-corrected chi connectivity index (χ1v) is 12.7. The van der Waals surface area contributed by atoms with Gasteiger partial charge in [0.25, 0.3) is 0 Å². The molecule has 190 valence electrons. The first-order chi connectivity index (χ1) is 16.7. The first kappa shape index (κ1) is 24.7. The summed E-state index contributed by atoms with van der Waals surface area (Å²) < 4.78 is 11.7. The van der Waals surface area contributed by atoms with Gasteiger partial charge >= 0.3 is 5.97 Å². The Hall–Kier alpha value is -2.02. The maximum absolute atomic E-state index is 12.0. The van der Waals surface area contributed by atoms with Crippen LogP contribution in [0.1, 0.15) is 51.9 Å². The van der Waals surface area contributed by atoms with Crippen molar-refractivity contribution in [3.8, 4) is 12.3 Å². The van der Waals surface area contributed by atoms with E-state index in [0.717, 1.165) is 32.1 Å². The van der Waals surface area contributed by atoms with Crippen molar-refractivity contribution in [2.45, 2.75) is 88.2 Å². The van der Waals surface area contributed by atoms with Crippen molar-refractivity contribution < 1.29 is 39.5 Å². The molecule has 0 spiro atoms. The number of ketones is 1. The van der Waals surface area contributed by atoms with Gasteiger partial charge < -0.3 is 29.9 Å². The Morgan fingerprint density at radius 1 is 1.17 bits per heavy atom. The highest BCUT2D eigenvalue weighted by atomic mass is 16.7. The fourth-order valence-electron chi connectivity index (χ4n) is 7.88. The van der Waals surface area contributed by atoms with Gasteiger partial charge in [-0.15, -0.1) is 6.42 Å². The molecule has 5 unspecified atom stereocenters. The summed E-state index contributed by atoms with van der Waals surface area (Å²) in [5.74, 6) is 2.99. The molecule has 11 atom stereocenters. The molecule has 4 N–H and O–H groups in total. The average Bonchev–Trinajstić information content (AvgIpc) is 3.18. The van der Waals surface area contributed by atoms with Gasteiger partial charge in [-0.25, -0.2) is 4.79 Å². The van der Waals surface area contributed by atoms with Crippen LogP contribution in [0.25, 0.3) is 0 Å². The van der Waals surface area contributed by atoms with Crippen LogP contribution in [-0.2, 0) is 19.1 Å². The molecule has 5 aliphatic rings.